The number of hydrogen-bond donors (Lipinski definition) is 3. The van der Waals surface area contributed by atoms with E-state index in [-0.39, 0.29) is 24.3 Å². The number of hydrogen-bond acceptors (Lipinski definition) is 5. The van der Waals surface area contributed by atoms with E-state index in [9.17, 15) is 19.5 Å². The van der Waals surface area contributed by atoms with Gasteiger partial charge < -0.3 is 20.6 Å². The van der Waals surface area contributed by atoms with Crippen molar-refractivity contribution in [3.8, 4) is 0 Å². The fourth-order valence-electron chi connectivity index (χ4n) is 7.33. The molecular weight excluding hydrogens is 534 g/mol. The van der Waals surface area contributed by atoms with Gasteiger partial charge in [0.2, 0.25) is 17.7 Å². The van der Waals surface area contributed by atoms with Crippen LogP contribution in [0.5, 0.6) is 0 Å². The fraction of sp³-hybridized carbons (Fsp3) is 0.424. The first-order chi connectivity index (χ1) is 19.9. The Hall–Kier alpha value is -3.36. The molecule has 0 radical (unpaired) electrons. The summed E-state index contributed by atoms with van der Waals surface area (Å²) in [5.41, 5.74) is 1.41. The summed E-state index contributed by atoms with van der Waals surface area (Å²) in [6.45, 7) is 2.70. The summed E-state index contributed by atoms with van der Waals surface area (Å²) in [4.78, 5) is 44.0. The highest BCUT2D eigenvalue weighted by Crippen LogP contribution is 2.71. The molecule has 3 heterocycles. The third kappa shape index (κ3) is 4.91. The largest absolute Gasteiger partial charge is 0.396 e. The van der Waals surface area contributed by atoms with E-state index >= 15 is 0 Å². The van der Waals surface area contributed by atoms with Crippen LogP contribution in [0, 0.1) is 11.8 Å². The van der Waals surface area contributed by atoms with E-state index in [0.717, 1.165) is 49.3 Å². The minimum absolute atomic E-state index is 0.0880. The number of para-hydroxylation sites is 1. The van der Waals surface area contributed by atoms with Gasteiger partial charge in [-0.2, -0.15) is 0 Å². The monoisotopic (exact) mass is 571 g/mol. The molecule has 2 bridgehead atoms. The van der Waals surface area contributed by atoms with Crippen molar-refractivity contribution in [2.75, 3.05) is 23.8 Å². The first-order valence-electron chi connectivity index (χ1n) is 14.6. The van der Waals surface area contributed by atoms with Crippen LogP contribution in [-0.2, 0) is 14.4 Å². The summed E-state index contributed by atoms with van der Waals surface area (Å²) in [6, 6.07) is 22.6. The van der Waals surface area contributed by atoms with E-state index in [2.05, 4.69) is 17.6 Å². The maximum absolute atomic E-state index is 14.3. The zero-order chi connectivity index (χ0) is 28.6. The van der Waals surface area contributed by atoms with Gasteiger partial charge in [0, 0.05) is 29.3 Å². The first kappa shape index (κ1) is 27.8. The first-order valence-corrected chi connectivity index (χ1v) is 15.4. The second kappa shape index (κ2) is 11.1. The van der Waals surface area contributed by atoms with Crippen molar-refractivity contribution >= 4 is 51.6 Å². The van der Waals surface area contributed by atoms with Crippen molar-refractivity contribution in [2.45, 2.75) is 61.0 Å². The summed E-state index contributed by atoms with van der Waals surface area (Å²) >= 11 is 1.69. The van der Waals surface area contributed by atoms with Crippen LogP contribution in [0.2, 0.25) is 0 Å². The molecule has 41 heavy (non-hydrogen) atoms. The number of carbonyl (C=O) groups excluding carboxylic acids is 3. The van der Waals surface area contributed by atoms with E-state index in [1.54, 1.807) is 16.7 Å². The summed E-state index contributed by atoms with van der Waals surface area (Å²) in [5, 5.41) is 17.5. The van der Waals surface area contributed by atoms with Crippen LogP contribution < -0.4 is 10.6 Å². The SMILES string of the molecule is C[C@]12CCC3(S1)C(C(=O)Nc1ccc4ccccc4c1)N(CCCCCCO)C(=O)[C@@H]3[C@H]2C(=O)Nc1ccccc1. The van der Waals surface area contributed by atoms with E-state index in [0.29, 0.717) is 17.9 Å². The number of rotatable bonds is 10. The Bertz CT molecular complexity index is 1470. The van der Waals surface area contributed by atoms with Crippen molar-refractivity contribution in [3.63, 3.8) is 0 Å². The number of thioether (sulfide) groups is 1. The summed E-state index contributed by atoms with van der Waals surface area (Å²) in [5.74, 6) is -1.50. The van der Waals surface area contributed by atoms with Crippen LogP contribution in [0.4, 0.5) is 11.4 Å². The molecule has 3 aromatic rings. The number of amides is 3. The maximum Gasteiger partial charge on any atom is 0.248 e. The maximum atomic E-state index is 14.3. The van der Waals surface area contributed by atoms with Crippen molar-refractivity contribution in [1.82, 2.24) is 4.90 Å². The highest BCUT2D eigenvalue weighted by molar-refractivity contribution is 8.02. The van der Waals surface area contributed by atoms with Gasteiger partial charge in [0.25, 0.3) is 0 Å². The van der Waals surface area contributed by atoms with E-state index in [1.807, 2.05) is 72.8 Å². The third-order valence-corrected chi connectivity index (χ3v) is 11.2. The number of aliphatic hydroxyl groups excluding tert-OH is 1. The molecule has 3 saturated heterocycles. The molecule has 214 valence electrons. The number of nitrogens with one attached hydrogen (secondary N) is 2. The van der Waals surface area contributed by atoms with Crippen molar-refractivity contribution in [1.29, 1.82) is 0 Å². The van der Waals surface area contributed by atoms with E-state index in [1.165, 1.54) is 0 Å². The predicted molar refractivity (Wildman–Crippen MR) is 164 cm³/mol. The van der Waals surface area contributed by atoms with E-state index < -0.39 is 27.4 Å². The Morgan fingerprint density at radius 1 is 0.878 bits per heavy atom. The Balaban J connectivity index is 1.31. The third-order valence-electron chi connectivity index (χ3n) is 9.17. The van der Waals surface area contributed by atoms with E-state index in [4.69, 9.17) is 0 Å². The lowest BCUT2D eigenvalue weighted by Crippen LogP contribution is -2.51. The van der Waals surface area contributed by atoms with Crippen LogP contribution in [-0.4, -0.2) is 56.4 Å². The molecule has 3 N–H and O–H groups in total. The molecule has 0 saturated carbocycles. The quantitative estimate of drug-likeness (QED) is 0.281. The second-order valence-corrected chi connectivity index (χ2v) is 13.7. The molecule has 2 unspecified atom stereocenters. The lowest BCUT2D eigenvalue weighted by atomic mass is 9.66. The van der Waals surface area contributed by atoms with Crippen LogP contribution in [0.25, 0.3) is 10.8 Å². The summed E-state index contributed by atoms with van der Waals surface area (Å²) in [7, 11) is 0. The number of likely N-dealkylation sites (tertiary alicyclic amines) is 1. The standard InChI is InChI=1S/C33H37N3O4S/c1-32-17-18-33(41-32)27(26(32)29(38)34-24-13-5-4-6-14-24)31(40)36(19-9-2-3-10-20-37)28(33)30(39)35-25-16-15-22-11-7-8-12-23(22)21-25/h4-8,11-16,21,26-28,37H,2-3,9-10,17-20H2,1H3,(H,34,38)(H,35,39)/t26-,27-,28?,32+,33?/m0/s1. The molecule has 7 nitrogen and oxygen atoms in total. The van der Waals surface area contributed by atoms with Crippen molar-refractivity contribution in [2.24, 2.45) is 11.8 Å². The van der Waals surface area contributed by atoms with Gasteiger partial charge in [-0.15, -0.1) is 11.8 Å². The van der Waals surface area contributed by atoms with Crippen LogP contribution >= 0.6 is 11.8 Å². The van der Waals surface area contributed by atoms with Gasteiger partial charge in [-0.05, 0) is 67.6 Å². The Labute approximate surface area is 245 Å². The van der Waals surface area contributed by atoms with Crippen LogP contribution in [0.15, 0.2) is 72.8 Å². The minimum Gasteiger partial charge on any atom is -0.396 e. The zero-order valence-corrected chi connectivity index (χ0v) is 24.2. The number of aliphatic hydroxyl groups is 1. The molecule has 6 rings (SSSR count). The summed E-state index contributed by atoms with van der Waals surface area (Å²) in [6.07, 6.45) is 4.70. The van der Waals surface area contributed by atoms with Gasteiger partial charge in [-0.25, -0.2) is 0 Å². The van der Waals surface area contributed by atoms with Gasteiger partial charge in [0.05, 0.1) is 16.6 Å². The predicted octanol–water partition coefficient (Wildman–Crippen LogP) is 5.45. The van der Waals surface area contributed by atoms with Gasteiger partial charge in [0.1, 0.15) is 6.04 Å². The normalized spacial score (nSPS) is 28.2. The van der Waals surface area contributed by atoms with Crippen molar-refractivity contribution < 1.29 is 19.5 Å². The number of fused-ring (bicyclic) bond motifs is 2. The number of anilines is 2. The smallest absolute Gasteiger partial charge is 0.248 e. The average Bonchev–Trinajstić information content (AvgIpc) is 3.54. The molecule has 0 aliphatic carbocycles. The number of nitrogens with zero attached hydrogens (tertiary/aromatic N) is 1. The number of unbranched alkanes of at least 4 members (excludes halogenated alkanes) is 3. The highest BCUT2D eigenvalue weighted by Gasteiger charge is 2.77. The molecule has 3 fully saturated rings. The number of benzene rings is 3. The van der Waals surface area contributed by atoms with Gasteiger partial charge in [-0.3, -0.25) is 14.4 Å². The minimum atomic E-state index is -0.661. The Kier molecular flexibility index (Phi) is 7.55. The van der Waals surface area contributed by atoms with Crippen LogP contribution in [0.1, 0.15) is 45.4 Å². The topological polar surface area (TPSA) is 98.7 Å². The Morgan fingerprint density at radius 2 is 1.59 bits per heavy atom. The zero-order valence-electron chi connectivity index (χ0n) is 23.3. The number of carbonyl (C=O) groups is 3. The lowest BCUT2D eigenvalue weighted by molar-refractivity contribution is -0.139. The van der Waals surface area contributed by atoms with Gasteiger partial charge in [-0.1, -0.05) is 61.4 Å². The average molecular weight is 572 g/mol. The van der Waals surface area contributed by atoms with Crippen LogP contribution in [0.3, 0.4) is 0 Å². The Morgan fingerprint density at radius 3 is 2.37 bits per heavy atom. The second-order valence-electron chi connectivity index (χ2n) is 11.8. The molecule has 3 aliphatic heterocycles. The van der Waals surface area contributed by atoms with Crippen molar-refractivity contribution in [3.05, 3.63) is 72.8 Å². The molecular formula is C33H37N3O4S. The van der Waals surface area contributed by atoms with Gasteiger partial charge >= 0.3 is 0 Å². The fourth-order valence-corrected chi connectivity index (χ4v) is 9.69. The molecule has 3 amide bonds. The summed E-state index contributed by atoms with van der Waals surface area (Å²) < 4.78 is -1.08. The molecule has 3 aliphatic rings. The molecule has 0 aromatic heterocycles. The van der Waals surface area contributed by atoms with Gasteiger partial charge in [0.15, 0.2) is 0 Å². The molecule has 5 atom stereocenters. The molecule has 8 heteroatoms. The molecule has 3 aromatic carbocycles. The molecule has 1 spiro atoms. The highest BCUT2D eigenvalue weighted by atomic mass is 32.2. The lowest BCUT2D eigenvalue weighted by Gasteiger charge is -2.34.